The third-order valence-electron chi connectivity index (χ3n) is 4.35. The van der Waals surface area contributed by atoms with Gasteiger partial charge < -0.3 is 14.2 Å². The van der Waals surface area contributed by atoms with Crippen LogP contribution in [0.4, 0.5) is 0 Å². The fourth-order valence-corrected chi connectivity index (χ4v) is 3.59. The van der Waals surface area contributed by atoms with Gasteiger partial charge in [-0.05, 0) is 37.6 Å². The van der Waals surface area contributed by atoms with Gasteiger partial charge in [0.25, 0.3) is 0 Å². The van der Waals surface area contributed by atoms with E-state index in [1.165, 1.54) is 24.0 Å². The number of hydrogen-bond donors (Lipinski definition) is 0. The van der Waals surface area contributed by atoms with Crippen molar-refractivity contribution in [3.05, 3.63) is 64.0 Å². The summed E-state index contributed by atoms with van der Waals surface area (Å²) >= 11 is 1.42. The van der Waals surface area contributed by atoms with E-state index in [9.17, 15) is 10.1 Å². The van der Waals surface area contributed by atoms with Crippen LogP contribution in [0.25, 0.3) is 22.9 Å². The summed E-state index contributed by atoms with van der Waals surface area (Å²) in [6.07, 6.45) is 1.75. The quantitative estimate of drug-likeness (QED) is 0.361. The first-order valence-electron chi connectivity index (χ1n) is 9.65. The molecule has 0 aliphatic rings. The number of ether oxygens (including phenoxy) is 3. The zero-order valence-electron chi connectivity index (χ0n) is 17.5. The lowest BCUT2D eigenvalue weighted by Gasteiger charge is -2.11. The van der Waals surface area contributed by atoms with Gasteiger partial charge in [-0.15, -0.1) is 11.3 Å². The molecule has 0 bridgehead atoms. The zero-order chi connectivity index (χ0) is 22.2. The predicted molar refractivity (Wildman–Crippen MR) is 121 cm³/mol. The summed E-state index contributed by atoms with van der Waals surface area (Å²) in [5.41, 5.74) is 4.23. The van der Waals surface area contributed by atoms with Crippen molar-refractivity contribution in [2.45, 2.75) is 13.8 Å². The maximum absolute atomic E-state index is 11.5. The number of allylic oxidation sites excluding steroid dienone is 1. The molecule has 3 aromatic rings. The molecular weight excluding hydrogens is 412 g/mol. The number of aromatic nitrogens is 1. The van der Waals surface area contributed by atoms with Crippen molar-refractivity contribution in [3.8, 4) is 28.8 Å². The first-order chi connectivity index (χ1) is 15.0. The van der Waals surface area contributed by atoms with Crippen LogP contribution in [0.5, 0.6) is 11.5 Å². The summed E-state index contributed by atoms with van der Waals surface area (Å²) in [5, 5.41) is 12.3. The van der Waals surface area contributed by atoms with Crippen molar-refractivity contribution in [1.82, 2.24) is 4.98 Å². The number of methoxy groups -OCH3 is 1. The van der Waals surface area contributed by atoms with Gasteiger partial charge >= 0.3 is 5.97 Å². The molecule has 0 saturated carbocycles. The van der Waals surface area contributed by atoms with E-state index in [-0.39, 0.29) is 6.61 Å². The van der Waals surface area contributed by atoms with Crippen LogP contribution in [0.3, 0.4) is 0 Å². The number of carbonyl (C=O) groups excluding carboxylic acids is 1. The molecule has 0 aliphatic heterocycles. The fourth-order valence-electron chi connectivity index (χ4n) is 2.80. The molecule has 0 radical (unpaired) electrons. The van der Waals surface area contributed by atoms with Crippen LogP contribution >= 0.6 is 11.3 Å². The average molecular weight is 435 g/mol. The molecule has 7 heteroatoms. The van der Waals surface area contributed by atoms with Gasteiger partial charge in [0.15, 0.2) is 18.1 Å². The Kier molecular flexibility index (Phi) is 7.41. The van der Waals surface area contributed by atoms with E-state index in [1.54, 1.807) is 31.2 Å². The molecule has 1 heterocycles. The number of thiazole rings is 1. The summed E-state index contributed by atoms with van der Waals surface area (Å²) < 4.78 is 15.7. The van der Waals surface area contributed by atoms with Gasteiger partial charge in [-0.2, -0.15) is 5.26 Å². The van der Waals surface area contributed by atoms with Crippen LogP contribution in [0, 0.1) is 18.3 Å². The van der Waals surface area contributed by atoms with Crippen LogP contribution in [-0.4, -0.2) is 31.3 Å². The van der Waals surface area contributed by atoms with E-state index in [1.807, 2.05) is 36.6 Å². The zero-order valence-corrected chi connectivity index (χ0v) is 18.4. The molecular formula is C24H22N2O4S. The number of benzene rings is 2. The highest BCUT2D eigenvalue weighted by Gasteiger charge is 2.12. The first-order valence-corrected chi connectivity index (χ1v) is 10.5. The Morgan fingerprint density at radius 2 is 1.97 bits per heavy atom. The van der Waals surface area contributed by atoms with E-state index >= 15 is 0 Å². The third kappa shape index (κ3) is 5.71. The largest absolute Gasteiger partial charge is 0.493 e. The lowest BCUT2D eigenvalue weighted by Crippen LogP contribution is -2.14. The van der Waals surface area contributed by atoms with Crippen LogP contribution < -0.4 is 9.47 Å². The SMILES string of the molecule is CCOC(=O)COc1ccc(/C=C(\C#N)c2nc(-c3ccc(C)cc3)cs2)cc1OC. The van der Waals surface area contributed by atoms with Crippen LogP contribution in [0.1, 0.15) is 23.1 Å². The molecule has 0 amide bonds. The molecule has 3 rings (SSSR count). The Labute approximate surface area is 185 Å². The van der Waals surface area contributed by atoms with Crippen LogP contribution in [0.15, 0.2) is 47.8 Å². The molecule has 158 valence electrons. The van der Waals surface area contributed by atoms with E-state index < -0.39 is 5.97 Å². The number of nitrogens with zero attached hydrogens (tertiary/aromatic N) is 2. The Balaban J connectivity index is 1.81. The van der Waals surface area contributed by atoms with Gasteiger partial charge in [0, 0.05) is 10.9 Å². The van der Waals surface area contributed by atoms with Gasteiger partial charge in [0.1, 0.15) is 11.1 Å². The molecule has 0 aliphatic carbocycles. The molecule has 0 spiro atoms. The maximum atomic E-state index is 11.5. The summed E-state index contributed by atoms with van der Waals surface area (Å²) in [7, 11) is 1.51. The van der Waals surface area contributed by atoms with E-state index in [0.717, 1.165) is 16.8 Å². The molecule has 31 heavy (non-hydrogen) atoms. The Morgan fingerprint density at radius 3 is 2.65 bits per heavy atom. The lowest BCUT2D eigenvalue weighted by molar-refractivity contribution is -0.145. The second-order valence-electron chi connectivity index (χ2n) is 6.58. The van der Waals surface area contributed by atoms with E-state index in [4.69, 9.17) is 14.2 Å². The number of carbonyl (C=O) groups is 1. The number of aryl methyl sites for hydroxylation is 1. The molecule has 0 atom stereocenters. The molecule has 1 aromatic heterocycles. The highest BCUT2D eigenvalue weighted by Crippen LogP contribution is 2.31. The van der Waals surface area contributed by atoms with Crippen LogP contribution in [0.2, 0.25) is 0 Å². The van der Waals surface area contributed by atoms with Gasteiger partial charge in [0.2, 0.25) is 0 Å². The van der Waals surface area contributed by atoms with Gasteiger partial charge in [-0.3, -0.25) is 0 Å². The molecule has 6 nitrogen and oxygen atoms in total. The molecule has 0 unspecified atom stereocenters. The molecule has 2 aromatic carbocycles. The van der Waals surface area contributed by atoms with Gasteiger partial charge in [0.05, 0.1) is 25.0 Å². The minimum absolute atomic E-state index is 0.205. The summed E-state index contributed by atoms with van der Waals surface area (Å²) in [6.45, 7) is 3.86. The summed E-state index contributed by atoms with van der Waals surface area (Å²) in [5.74, 6) is 0.422. The summed E-state index contributed by atoms with van der Waals surface area (Å²) in [6, 6.07) is 15.5. The number of hydrogen-bond acceptors (Lipinski definition) is 7. The van der Waals surface area contributed by atoms with E-state index in [0.29, 0.717) is 28.7 Å². The minimum Gasteiger partial charge on any atom is -0.493 e. The topological polar surface area (TPSA) is 81.4 Å². The first kappa shape index (κ1) is 22.1. The molecule has 0 fully saturated rings. The van der Waals surface area contributed by atoms with E-state index in [2.05, 4.69) is 11.1 Å². The molecule has 0 saturated heterocycles. The Hall–Kier alpha value is -3.63. The average Bonchev–Trinajstić information content (AvgIpc) is 3.27. The Morgan fingerprint density at radius 1 is 1.19 bits per heavy atom. The van der Waals surface area contributed by atoms with Crippen LogP contribution in [-0.2, 0) is 9.53 Å². The second-order valence-corrected chi connectivity index (χ2v) is 7.44. The maximum Gasteiger partial charge on any atom is 0.344 e. The molecule has 0 N–H and O–H groups in total. The third-order valence-corrected chi connectivity index (χ3v) is 5.23. The van der Waals surface area contributed by atoms with Crippen molar-refractivity contribution in [1.29, 1.82) is 5.26 Å². The number of esters is 1. The van der Waals surface area contributed by atoms with Crippen molar-refractivity contribution in [2.24, 2.45) is 0 Å². The minimum atomic E-state index is -0.451. The smallest absolute Gasteiger partial charge is 0.344 e. The normalized spacial score (nSPS) is 11.0. The lowest BCUT2D eigenvalue weighted by atomic mass is 10.1. The number of nitriles is 1. The van der Waals surface area contributed by atoms with Gasteiger partial charge in [-0.25, -0.2) is 9.78 Å². The van der Waals surface area contributed by atoms with Crippen molar-refractivity contribution in [2.75, 3.05) is 20.3 Å². The van der Waals surface area contributed by atoms with Crippen molar-refractivity contribution in [3.63, 3.8) is 0 Å². The Bertz CT molecular complexity index is 1130. The second kappa shape index (κ2) is 10.4. The summed E-state index contributed by atoms with van der Waals surface area (Å²) in [4.78, 5) is 16.1. The highest BCUT2D eigenvalue weighted by molar-refractivity contribution is 7.11. The van der Waals surface area contributed by atoms with Gasteiger partial charge in [-0.1, -0.05) is 35.9 Å². The standard InChI is InChI=1S/C24H22N2O4S/c1-4-29-23(27)14-30-21-10-7-17(12-22(21)28-3)11-19(13-25)24-26-20(15-31-24)18-8-5-16(2)6-9-18/h5-12,15H,4,14H2,1-3H3/b19-11+. The fraction of sp³-hybridized carbons (Fsp3) is 0.208. The monoisotopic (exact) mass is 434 g/mol. The predicted octanol–water partition coefficient (Wildman–Crippen LogP) is 5.13. The number of rotatable bonds is 8. The highest BCUT2D eigenvalue weighted by atomic mass is 32.1. The van der Waals surface area contributed by atoms with Crippen molar-refractivity contribution >= 4 is 29.0 Å². The van der Waals surface area contributed by atoms with Crippen molar-refractivity contribution < 1.29 is 19.0 Å².